The lowest BCUT2D eigenvalue weighted by molar-refractivity contribution is 0.554. The number of nitrogens with zero attached hydrogens (tertiary/aromatic N) is 3. The molecule has 0 unspecified atom stereocenters. The van der Waals surface area contributed by atoms with Gasteiger partial charge in [-0.25, -0.2) is 9.97 Å². The summed E-state index contributed by atoms with van der Waals surface area (Å²) in [5.41, 5.74) is 4.36. The molecule has 4 heterocycles. The second-order valence-corrected chi connectivity index (χ2v) is 6.82. The molecule has 1 aliphatic heterocycles. The summed E-state index contributed by atoms with van der Waals surface area (Å²) in [4.78, 5) is 18.2. The van der Waals surface area contributed by atoms with Gasteiger partial charge in [-0.2, -0.15) is 0 Å². The third-order valence-electron chi connectivity index (χ3n) is 4.91. The van der Waals surface area contributed by atoms with Crippen molar-refractivity contribution in [1.82, 2.24) is 25.3 Å². The number of aryl methyl sites for hydroxylation is 1. The third-order valence-corrected chi connectivity index (χ3v) is 4.91. The first-order valence-electron chi connectivity index (χ1n) is 9.26. The van der Waals surface area contributed by atoms with Gasteiger partial charge in [0.1, 0.15) is 11.5 Å². The average Bonchev–Trinajstić information content (AvgIpc) is 3.25. The van der Waals surface area contributed by atoms with Crippen molar-refractivity contribution < 1.29 is 0 Å². The highest BCUT2D eigenvalue weighted by atomic mass is 15.1. The maximum Gasteiger partial charge on any atom is 0.140 e. The molecule has 4 rings (SSSR count). The van der Waals surface area contributed by atoms with E-state index in [1.54, 1.807) is 0 Å². The minimum atomic E-state index is 0.903. The zero-order valence-electron chi connectivity index (χ0n) is 14.8. The molecule has 0 aliphatic carbocycles. The Balaban J connectivity index is 1.73. The Hall–Kier alpha value is -2.34. The van der Waals surface area contributed by atoms with E-state index in [4.69, 9.17) is 0 Å². The quantitative estimate of drug-likeness (QED) is 0.671. The van der Waals surface area contributed by atoms with E-state index in [9.17, 15) is 0 Å². The molecule has 1 aliphatic rings. The Kier molecular flexibility index (Phi) is 4.70. The summed E-state index contributed by atoms with van der Waals surface area (Å²) in [6, 6.07) is 2.15. The van der Waals surface area contributed by atoms with E-state index in [1.165, 1.54) is 30.3 Å². The first-order valence-corrected chi connectivity index (χ1v) is 9.26. The first kappa shape index (κ1) is 16.1. The number of fused-ring (bicyclic) bond motifs is 1. The number of aromatic amines is 2. The Morgan fingerprint density at radius 1 is 1.04 bits per heavy atom. The van der Waals surface area contributed by atoms with Crippen molar-refractivity contribution in [2.45, 2.75) is 32.6 Å². The number of pyridine rings is 1. The van der Waals surface area contributed by atoms with Gasteiger partial charge < -0.3 is 20.2 Å². The number of aromatic nitrogens is 4. The lowest BCUT2D eigenvalue weighted by Crippen LogP contribution is -2.30. The van der Waals surface area contributed by atoms with Crippen LogP contribution in [0.3, 0.4) is 0 Å². The lowest BCUT2D eigenvalue weighted by atomic mass is 10.1. The maximum absolute atomic E-state index is 4.53. The number of hydrogen-bond acceptors (Lipinski definition) is 4. The second-order valence-electron chi connectivity index (χ2n) is 6.82. The Bertz CT molecular complexity index is 823. The molecule has 6 heteroatoms. The molecule has 0 saturated carbocycles. The summed E-state index contributed by atoms with van der Waals surface area (Å²) < 4.78 is 0. The topological polar surface area (TPSA) is 72.6 Å². The van der Waals surface area contributed by atoms with Crippen LogP contribution in [0.5, 0.6) is 0 Å². The fourth-order valence-corrected chi connectivity index (χ4v) is 3.64. The van der Waals surface area contributed by atoms with Crippen molar-refractivity contribution in [3.05, 3.63) is 30.4 Å². The van der Waals surface area contributed by atoms with Crippen LogP contribution >= 0.6 is 0 Å². The molecule has 0 amide bonds. The predicted octanol–water partition coefficient (Wildman–Crippen LogP) is 3.23. The molecule has 0 bridgehead atoms. The van der Waals surface area contributed by atoms with E-state index in [2.05, 4.69) is 36.2 Å². The number of anilines is 1. The number of nitrogens with one attached hydrogen (secondary N) is 3. The highest BCUT2D eigenvalue weighted by Crippen LogP contribution is 2.34. The van der Waals surface area contributed by atoms with Gasteiger partial charge in [0.2, 0.25) is 0 Å². The molecule has 1 fully saturated rings. The molecular weight excluding hydrogens is 312 g/mol. The third kappa shape index (κ3) is 3.39. The number of hydrogen-bond donors (Lipinski definition) is 3. The van der Waals surface area contributed by atoms with Gasteiger partial charge in [-0.15, -0.1) is 0 Å². The second kappa shape index (κ2) is 7.27. The van der Waals surface area contributed by atoms with Crippen LogP contribution in [0, 0.1) is 6.92 Å². The minimum Gasteiger partial charge on any atom is -0.371 e. The van der Waals surface area contributed by atoms with Crippen molar-refractivity contribution in [2.24, 2.45) is 0 Å². The molecule has 132 valence electrons. The summed E-state index contributed by atoms with van der Waals surface area (Å²) in [6.07, 6.45) is 10.7. The highest BCUT2D eigenvalue weighted by molar-refractivity contribution is 6.01. The first-order chi connectivity index (χ1) is 12.3. The van der Waals surface area contributed by atoms with Gasteiger partial charge in [-0.1, -0.05) is 6.42 Å². The van der Waals surface area contributed by atoms with Crippen LogP contribution in [-0.2, 0) is 0 Å². The van der Waals surface area contributed by atoms with Gasteiger partial charge >= 0.3 is 0 Å². The van der Waals surface area contributed by atoms with Gasteiger partial charge in [0, 0.05) is 42.9 Å². The van der Waals surface area contributed by atoms with Crippen LogP contribution in [0.4, 0.5) is 5.69 Å². The van der Waals surface area contributed by atoms with E-state index in [1.807, 2.05) is 25.5 Å². The summed E-state index contributed by atoms with van der Waals surface area (Å²) >= 11 is 0. The SMILES string of the molecule is Cc1cnc(-c2c[nH]c3nccc(N4CCCCCNCCC4)c23)[nH]1. The lowest BCUT2D eigenvalue weighted by Gasteiger charge is -2.27. The fraction of sp³-hybridized carbons (Fsp3) is 0.474. The van der Waals surface area contributed by atoms with Gasteiger partial charge in [-0.05, 0) is 45.3 Å². The van der Waals surface area contributed by atoms with Crippen LogP contribution in [0.1, 0.15) is 31.4 Å². The molecule has 1 saturated heterocycles. The number of rotatable bonds is 2. The summed E-state index contributed by atoms with van der Waals surface area (Å²) in [6.45, 7) is 6.43. The minimum absolute atomic E-state index is 0.903. The van der Waals surface area contributed by atoms with Crippen LogP contribution in [0.15, 0.2) is 24.7 Å². The molecule has 0 aromatic carbocycles. The van der Waals surface area contributed by atoms with Crippen LogP contribution in [0.2, 0.25) is 0 Å². The van der Waals surface area contributed by atoms with Crippen molar-refractivity contribution in [1.29, 1.82) is 0 Å². The normalized spacial score (nSPS) is 17.1. The van der Waals surface area contributed by atoms with Crippen molar-refractivity contribution in [2.75, 3.05) is 31.1 Å². The molecule has 0 atom stereocenters. The van der Waals surface area contributed by atoms with Gasteiger partial charge in [0.25, 0.3) is 0 Å². The van der Waals surface area contributed by atoms with E-state index in [0.717, 1.165) is 55.3 Å². The summed E-state index contributed by atoms with van der Waals surface area (Å²) in [5.74, 6) is 0.903. The molecule has 0 radical (unpaired) electrons. The zero-order chi connectivity index (χ0) is 17.1. The monoisotopic (exact) mass is 338 g/mol. The molecule has 25 heavy (non-hydrogen) atoms. The van der Waals surface area contributed by atoms with E-state index >= 15 is 0 Å². The van der Waals surface area contributed by atoms with Crippen LogP contribution < -0.4 is 10.2 Å². The fourth-order valence-electron chi connectivity index (χ4n) is 3.64. The zero-order valence-corrected chi connectivity index (χ0v) is 14.8. The predicted molar refractivity (Wildman–Crippen MR) is 102 cm³/mol. The standard InChI is InChI=1S/C19H26N6/c1-14-12-22-18(24-14)15-13-23-19-17(15)16(6-9-21-19)25-10-4-2-3-7-20-8-5-11-25/h6,9,12-13,20H,2-5,7-8,10-11H2,1H3,(H,21,23)(H,22,24). The largest absolute Gasteiger partial charge is 0.371 e. The Morgan fingerprint density at radius 3 is 2.80 bits per heavy atom. The van der Waals surface area contributed by atoms with Crippen LogP contribution in [0.25, 0.3) is 22.4 Å². The molecule has 6 nitrogen and oxygen atoms in total. The smallest absolute Gasteiger partial charge is 0.140 e. The van der Waals surface area contributed by atoms with Crippen molar-refractivity contribution >= 4 is 16.7 Å². The van der Waals surface area contributed by atoms with Crippen molar-refractivity contribution in [3.63, 3.8) is 0 Å². The van der Waals surface area contributed by atoms with E-state index in [-0.39, 0.29) is 0 Å². The molecule has 3 N–H and O–H groups in total. The molecular formula is C19H26N6. The van der Waals surface area contributed by atoms with Gasteiger partial charge in [0.05, 0.1) is 11.1 Å². The van der Waals surface area contributed by atoms with Gasteiger partial charge in [-0.3, -0.25) is 0 Å². The van der Waals surface area contributed by atoms with E-state index < -0.39 is 0 Å². The summed E-state index contributed by atoms with van der Waals surface area (Å²) in [5, 5.41) is 4.71. The number of H-pyrrole nitrogens is 2. The molecule has 0 spiro atoms. The van der Waals surface area contributed by atoms with Gasteiger partial charge in [0.15, 0.2) is 0 Å². The molecule has 3 aromatic rings. The Morgan fingerprint density at radius 2 is 1.92 bits per heavy atom. The average molecular weight is 338 g/mol. The van der Waals surface area contributed by atoms with Crippen molar-refractivity contribution in [3.8, 4) is 11.4 Å². The molecule has 3 aromatic heterocycles. The maximum atomic E-state index is 4.53. The Labute approximate surface area is 148 Å². The van der Waals surface area contributed by atoms with E-state index in [0.29, 0.717) is 0 Å². The number of imidazole rings is 1. The highest BCUT2D eigenvalue weighted by Gasteiger charge is 2.17. The van der Waals surface area contributed by atoms with Crippen LogP contribution in [-0.4, -0.2) is 46.1 Å². The summed E-state index contributed by atoms with van der Waals surface area (Å²) in [7, 11) is 0.